The van der Waals surface area contributed by atoms with Crippen molar-refractivity contribution in [2.75, 3.05) is 18.1 Å². The third kappa shape index (κ3) is 4.85. The highest BCUT2D eigenvalue weighted by molar-refractivity contribution is 8.00. The van der Waals surface area contributed by atoms with E-state index in [0.29, 0.717) is 11.4 Å². The lowest BCUT2D eigenvalue weighted by molar-refractivity contribution is -0.0329. The van der Waals surface area contributed by atoms with E-state index in [2.05, 4.69) is 0 Å². The number of hydrogen-bond donors (Lipinski definition) is 1. The molecule has 0 atom stereocenters. The Kier molecular flexibility index (Phi) is 4.61. The summed E-state index contributed by atoms with van der Waals surface area (Å²) in [5.74, 6) is 0.156. The van der Waals surface area contributed by atoms with E-state index < -0.39 is 5.51 Å². The highest BCUT2D eigenvalue weighted by Gasteiger charge is 2.27. The number of alkyl halides is 3. The molecular weight excluding hydrogens is 263 g/mol. The first-order chi connectivity index (χ1) is 7.38. The normalized spacial score (nSPS) is 11.5. The van der Waals surface area contributed by atoms with Gasteiger partial charge in [0.15, 0.2) is 0 Å². The number of halogens is 4. The summed E-state index contributed by atoms with van der Waals surface area (Å²) in [7, 11) is 0. The zero-order valence-corrected chi connectivity index (χ0v) is 9.62. The van der Waals surface area contributed by atoms with Crippen LogP contribution in [0.5, 0.6) is 5.75 Å². The summed E-state index contributed by atoms with van der Waals surface area (Å²) in [5, 5.41) is 0.289. The second kappa shape index (κ2) is 5.54. The number of nitrogens with two attached hydrogens (primary N) is 1. The molecule has 0 unspecified atom stereocenters. The predicted octanol–water partition coefficient (Wildman–Crippen LogP) is 3.55. The summed E-state index contributed by atoms with van der Waals surface area (Å²) < 4.78 is 40.4. The SMILES string of the molecule is Nc1ccc(OCCSC(F)(F)F)c(Cl)c1. The molecule has 0 aromatic heterocycles. The number of benzene rings is 1. The van der Waals surface area contributed by atoms with Crippen LogP contribution in [-0.4, -0.2) is 17.9 Å². The van der Waals surface area contributed by atoms with E-state index >= 15 is 0 Å². The molecule has 0 aliphatic carbocycles. The van der Waals surface area contributed by atoms with Crippen LogP contribution >= 0.6 is 23.4 Å². The maximum absolute atomic E-state index is 11.8. The first kappa shape index (κ1) is 13.3. The molecule has 0 heterocycles. The summed E-state index contributed by atoms with van der Waals surface area (Å²) in [5.41, 5.74) is 1.69. The van der Waals surface area contributed by atoms with Crippen molar-refractivity contribution in [2.45, 2.75) is 5.51 Å². The monoisotopic (exact) mass is 271 g/mol. The lowest BCUT2D eigenvalue weighted by Crippen LogP contribution is -2.07. The van der Waals surface area contributed by atoms with Gasteiger partial charge >= 0.3 is 5.51 Å². The molecular formula is C9H9ClF3NOS. The summed E-state index contributed by atoms with van der Waals surface area (Å²) in [6.07, 6.45) is 0. The summed E-state index contributed by atoms with van der Waals surface area (Å²) in [4.78, 5) is 0. The van der Waals surface area contributed by atoms with Gasteiger partial charge in [-0.2, -0.15) is 13.2 Å². The van der Waals surface area contributed by atoms with Gasteiger partial charge in [0.1, 0.15) is 5.75 Å². The molecule has 1 rings (SSSR count). The Labute approximate surface area is 99.9 Å². The summed E-state index contributed by atoms with van der Waals surface area (Å²) >= 11 is 5.63. The van der Waals surface area contributed by atoms with E-state index in [4.69, 9.17) is 22.1 Å². The van der Waals surface area contributed by atoms with Gasteiger partial charge in [-0.25, -0.2) is 0 Å². The third-order valence-corrected chi connectivity index (χ3v) is 2.56. The number of ether oxygens (including phenoxy) is 1. The Morgan fingerprint density at radius 3 is 2.62 bits per heavy atom. The highest BCUT2D eigenvalue weighted by Crippen LogP contribution is 2.30. The summed E-state index contributed by atoms with van der Waals surface area (Å²) in [6.45, 7) is -0.0617. The maximum Gasteiger partial charge on any atom is 0.441 e. The second-order valence-electron chi connectivity index (χ2n) is 2.83. The van der Waals surface area contributed by atoms with Gasteiger partial charge in [-0.1, -0.05) is 11.6 Å². The fraction of sp³-hybridized carbons (Fsp3) is 0.333. The molecule has 1 aromatic carbocycles. The third-order valence-electron chi connectivity index (χ3n) is 1.56. The maximum atomic E-state index is 11.8. The van der Waals surface area contributed by atoms with Crippen molar-refractivity contribution in [2.24, 2.45) is 0 Å². The van der Waals surface area contributed by atoms with Crippen LogP contribution in [0.15, 0.2) is 18.2 Å². The van der Waals surface area contributed by atoms with Gasteiger partial charge in [0.05, 0.1) is 11.6 Å². The smallest absolute Gasteiger partial charge is 0.441 e. The first-order valence-corrected chi connectivity index (χ1v) is 5.63. The minimum Gasteiger partial charge on any atom is -0.491 e. The van der Waals surface area contributed by atoms with Gasteiger partial charge in [-0.05, 0) is 30.0 Å². The molecule has 0 radical (unpaired) electrons. The van der Waals surface area contributed by atoms with Crippen molar-refractivity contribution in [1.29, 1.82) is 0 Å². The molecule has 0 saturated heterocycles. The average molecular weight is 272 g/mol. The molecule has 7 heteroatoms. The number of nitrogen functional groups attached to an aromatic ring is 1. The Balaban J connectivity index is 2.38. The van der Waals surface area contributed by atoms with Gasteiger partial charge in [-0.15, -0.1) is 0 Å². The zero-order chi connectivity index (χ0) is 12.2. The standard InChI is InChI=1S/C9H9ClF3NOS/c10-7-5-6(14)1-2-8(7)15-3-4-16-9(11,12)13/h1-2,5H,3-4,14H2. The Hall–Kier alpha value is -0.750. The van der Waals surface area contributed by atoms with Gasteiger partial charge in [0, 0.05) is 11.4 Å². The van der Waals surface area contributed by atoms with Crippen LogP contribution in [0, 0.1) is 0 Å². The zero-order valence-electron chi connectivity index (χ0n) is 8.05. The van der Waals surface area contributed by atoms with Gasteiger partial charge in [-0.3, -0.25) is 0 Å². The van der Waals surface area contributed by atoms with Crippen LogP contribution in [0.1, 0.15) is 0 Å². The number of hydrogen-bond acceptors (Lipinski definition) is 3. The quantitative estimate of drug-likeness (QED) is 0.672. The molecule has 2 nitrogen and oxygen atoms in total. The van der Waals surface area contributed by atoms with Crippen molar-refractivity contribution in [1.82, 2.24) is 0 Å². The van der Waals surface area contributed by atoms with Crippen LogP contribution in [0.25, 0.3) is 0 Å². The van der Waals surface area contributed by atoms with Crippen molar-refractivity contribution in [3.63, 3.8) is 0 Å². The largest absolute Gasteiger partial charge is 0.491 e. The highest BCUT2D eigenvalue weighted by atomic mass is 35.5. The van der Waals surface area contributed by atoms with Crippen LogP contribution in [0.4, 0.5) is 18.9 Å². The van der Waals surface area contributed by atoms with Gasteiger partial charge < -0.3 is 10.5 Å². The molecule has 16 heavy (non-hydrogen) atoms. The lowest BCUT2D eigenvalue weighted by Gasteiger charge is -2.09. The van der Waals surface area contributed by atoms with Crippen LogP contribution in [0.2, 0.25) is 5.02 Å². The van der Waals surface area contributed by atoms with Crippen LogP contribution in [-0.2, 0) is 0 Å². The number of thioether (sulfide) groups is 1. The minimum atomic E-state index is -4.23. The van der Waals surface area contributed by atoms with Crippen LogP contribution < -0.4 is 10.5 Å². The topological polar surface area (TPSA) is 35.2 Å². The van der Waals surface area contributed by atoms with E-state index in [1.807, 2.05) is 0 Å². The number of rotatable bonds is 4. The molecule has 90 valence electrons. The lowest BCUT2D eigenvalue weighted by atomic mass is 10.3. The molecule has 0 aliphatic heterocycles. The fourth-order valence-electron chi connectivity index (χ4n) is 0.943. The van der Waals surface area contributed by atoms with Crippen molar-refractivity contribution in [3.05, 3.63) is 23.2 Å². The van der Waals surface area contributed by atoms with E-state index in [9.17, 15) is 13.2 Å². The van der Waals surface area contributed by atoms with Gasteiger partial charge in [0.25, 0.3) is 0 Å². The Morgan fingerprint density at radius 1 is 1.38 bits per heavy atom. The van der Waals surface area contributed by atoms with Crippen molar-refractivity contribution >= 4 is 29.1 Å². The first-order valence-electron chi connectivity index (χ1n) is 4.27. The fourth-order valence-corrected chi connectivity index (χ4v) is 1.58. The molecule has 2 N–H and O–H groups in total. The van der Waals surface area contributed by atoms with Gasteiger partial charge in [0.2, 0.25) is 0 Å². The molecule has 1 aromatic rings. The molecule has 0 bridgehead atoms. The van der Waals surface area contributed by atoms with E-state index in [0.717, 1.165) is 0 Å². The van der Waals surface area contributed by atoms with Crippen molar-refractivity contribution < 1.29 is 17.9 Å². The average Bonchev–Trinajstić information content (AvgIpc) is 2.13. The minimum absolute atomic E-state index is 0.0617. The molecule has 0 spiro atoms. The predicted molar refractivity (Wildman–Crippen MR) is 59.9 cm³/mol. The second-order valence-corrected chi connectivity index (χ2v) is 4.40. The van der Waals surface area contributed by atoms with E-state index in [-0.39, 0.29) is 29.1 Å². The molecule has 0 saturated carbocycles. The Bertz CT molecular complexity index is 359. The Morgan fingerprint density at radius 2 is 2.06 bits per heavy atom. The van der Waals surface area contributed by atoms with E-state index in [1.165, 1.54) is 12.1 Å². The summed E-state index contributed by atoms with van der Waals surface area (Å²) in [6, 6.07) is 4.57. The van der Waals surface area contributed by atoms with E-state index in [1.54, 1.807) is 6.07 Å². The molecule has 0 amide bonds. The van der Waals surface area contributed by atoms with Crippen LogP contribution in [0.3, 0.4) is 0 Å². The molecule has 0 fully saturated rings. The van der Waals surface area contributed by atoms with Crippen molar-refractivity contribution in [3.8, 4) is 5.75 Å². The molecule has 0 aliphatic rings. The number of anilines is 1.